The molecule has 0 unspecified atom stereocenters. The number of hydrogen-bond acceptors (Lipinski definition) is 5. The van der Waals surface area contributed by atoms with Crippen molar-refractivity contribution in [2.24, 2.45) is 0 Å². The van der Waals surface area contributed by atoms with Crippen LogP contribution in [0.4, 0.5) is 5.69 Å². The van der Waals surface area contributed by atoms with Crippen LogP contribution in [0.5, 0.6) is 17.2 Å². The molecule has 3 rings (SSSR count). The van der Waals surface area contributed by atoms with Gasteiger partial charge in [0.25, 0.3) is 10.0 Å². The summed E-state index contributed by atoms with van der Waals surface area (Å²) in [6, 6.07) is 18.8. The van der Waals surface area contributed by atoms with Gasteiger partial charge in [-0.25, -0.2) is 13.2 Å². The number of carboxylic acid groups (broad SMARTS) is 1. The smallest absolute Gasteiger partial charge is 0.335 e. The average Bonchev–Trinajstić information content (AvgIpc) is 2.69. The van der Waals surface area contributed by atoms with E-state index in [4.69, 9.17) is 9.47 Å². The third-order valence-electron chi connectivity index (χ3n) is 3.80. The van der Waals surface area contributed by atoms with Crippen molar-refractivity contribution in [2.45, 2.75) is 4.90 Å². The van der Waals surface area contributed by atoms with Gasteiger partial charge in [-0.05, 0) is 42.5 Å². The van der Waals surface area contributed by atoms with Crippen molar-refractivity contribution in [2.75, 3.05) is 11.8 Å². The van der Waals surface area contributed by atoms with Crippen LogP contribution in [-0.2, 0) is 10.0 Å². The van der Waals surface area contributed by atoms with Gasteiger partial charge in [-0.3, -0.25) is 4.72 Å². The number of nitrogens with one attached hydrogen (secondary N) is 1. The van der Waals surface area contributed by atoms with Gasteiger partial charge in [0.1, 0.15) is 16.4 Å². The Kier molecular flexibility index (Phi) is 5.51. The maximum absolute atomic E-state index is 12.9. The summed E-state index contributed by atoms with van der Waals surface area (Å²) in [4.78, 5) is 11.2. The summed E-state index contributed by atoms with van der Waals surface area (Å²) in [7, 11) is -2.70. The van der Waals surface area contributed by atoms with Crippen LogP contribution in [0.2, 0.25) is 0 Å². The van der Waals surface area contributed by atoms with E-state index in [1.807, 2.05) is 6.07 Å². The Hall–Kier alpha value is -3.52. The molecule has 0 spiro atoms. The number of hydrogen-bond donors (Lipinski definition) is 2. The Morgan fingerprint density at radius 1 is 0.929 bits per heavy atom. The number of rotatable bonds is 7. The van der Waals surface area contributed by atoms with Crippen LogP contribution in [-0.4, -0.2) is 26.6 Å². The van der Waals surface area contributed by atoms with Crippen molar-refractivity contribution < 1.29 is 27.8 Å². The molecule has 3 aromatic rings. The van der Waals surface area contributed by atoms with Crippen LogP contribution in [0.3, 0.4) is 0 Å². The highest BCUT2D eigenvalue weighted by Gasteiger charge is 2.22. The van der Waals surface area contributed by atoms with Crippen LogP contribution in [0.25, 0.3) is 0 Å². The molecular formula is C20H17NO6S. The second-order valence-electron chi connectivity index (χ2n) is 5.69. The van der Waals surface area contributed by atoms with Crippen LogP contribution in [0, 0.1) is 0 Å². The second-order valence-corrected chi connectivity index (χ2v) is 7.34. The maximum atomic E-state index is 12.9. The lowest BCUT2D eigenvalue weighted by atomic mass is 10.2. The molecule has 0 aliphatic carbocycles. The number of methoxy groups -OCH3 is 1. The van der Waals surface area contributed by atoms with Gasteiger partial charge in [-0.2, -0.15) is 0 Å². The Morgan fingerprint density at radius 3 is 2.29 bits per heavy atom. The normalized spacial score (nSPS) is 10.9. The number of ether oxygens (including phenoxy) is 2. The molecule has 3 aromatic carbocycles. The van der Waals surface area contributed by atoms with Crippen molar-refractivity contribution in [3.05, 3.63) is 78.4 Å². The fourth-order valence-corrected chi connectivity index (χ4v) is 3.72. The number of carboxylic acids is 1. The van der Waals surface area contributed by atoms with Gasteiger partial charge in [0.2, 0.25) is 0 Å². The summed E-state index contributed by atoms with van der Waals surface area (Å²) in [6.45, 7) is 0. The second kappa shape index (κ2) is 8.01. The molecule has 0 saturated heterocycles. The summed E-state index contributed by atoms with van der Waals surface area (Å²) < 4.78 is 39.0. The van der Waals surface area contributed by atoms with Crippen molar-refractivity contribution in [3.8, 4) is 17.2 Å². The van der Waals surface area contributed by atoms with Crippen molar-refractivity contribution in [1.82, 2.24) is 0 Å². The van der Waals surface area contributed by atoms with Crippen molar-refractivity contribution >= 4 is 21.7 Å². The minimum absolute atomic E-state index is 0.00495. The van der Waals surface area contributed by atoms with E-state index >= 15 is 0 Å². The van der Waals surface area contributed by atoms with Crippen LogP contribution in [0.1, 0.15) is 10.4 Å². The monoisotopic (exact) mass is 399 g/mol. The minimum Gasteiger partial charge on any atom is -0.495 e. The summed E-state index contributed by atoms with van der Waals surface area (Å²) >= 11 is 0. The quantitative estimate of drug-likeness (QED) is 0.623. The molecule has 0 fully saturated rings. The van der Waals surface area contributed by atoms with Gasteiger partial charge in [0.15, 0.2) is 5.75 Å². The maximum Gasteiger partial charge on any atom is 0.335 e. The summed E-state index contributed by atoms with van der Waals surface area (Å²) in [5.74, 6) is -0.392. The van der Waals surface area contributed by atoms with Crippen LogP contribution in [0.15, 0.2) is 77.7 Å². The molecule has 0 bridgehead atoms. The van der Waals surface area contributed by atoms with E-state index in [0.717, 1.165) is 0 Å². The molecular weight excluding hydrogens is 382 g/mol. The average molecular weight is 399 g/mol. The van der Waals surface area contributed by atoms with E-state index in [2.05, 4.69) is 4.72 Å². The molecule has 0 saturated carbocycles. The highest BCUT2D eigenvalue weighted by Crippen LogP contribution is 2.33. The Morgan fingerprint density at radius 2 is 1.61 bits per heavy atom. The topological polar surface area (TPSA) is 102 Å². The lowest BCUT2D eigenvalue weighted by Gasteiger charge is -2.15. The largest absolute Gasteiger partial charge is 0.495 e. The number of sulfonamides is 1. The SMILES string of the molecule is COc1ccccc1S(=O)(=O)Nc1cc(C(=O)O)ccc1Oc1ccccc1. The molecule has 0 atom stereocenters. The Bertz CT molecular complexity index is 1100. The van der Waals surface area contributed by atoms with E-state index in [0.29, 0.717) is 5.75 Å². The molecule has 28 heavy (non-hydrogen) atoms. The lowest BCUT2D eigenvalue weighted by Crippen LogP contribution is -2.15. The third kappa shape index (κ3) is 4.24. The van der Waals surface area contributed by atoms with E-state index in [1.54, 1.807) is 36.4 Å². The zero-order valence-corrected chi connectivity index (χ0v) is 15.6. The van der Waals surface area contributed by atoms with Gasteiger partial charge in [-0.1, -0.05) is 30.3 Å². The van der Waals surface area contributed by atoms with Crippen LogP contribution >= 0.6 is 0 Å². The summed E-state index contributed by atoms with van der Waals surface area (Å²) in [6.07, 6.45) is 0. The van der Waals surface area contributed by atoms with E-state index in [9.17, 15) is 18.3 Å². The fourth-order valence-electron chi connectivity index (χ4n) is 2.49. The van der Waals surface area contributed by atoms with E-state index < -0.39 is 16.0 Å². The highest BCUT2D eigenvalue weighted by atomic mass is 32.2. The fraction of sp³-hybridized carbons (Fsp3) is 0.0500. The van der Waals surface area contributed by atoms with Crippen LogP contribution < -0.4 is 14.2 Å². The first-order valence-electron chi connectivity index (χ1n) is 8.17. The van der Waals surface area contributed by atoms with Gasteiger partial charge >= 0.3 is 5.97 Å². The number of aromatic carboxylic acids is 1. The van der Waals surface area contributed by atoms with Gasteiger partial charge in [-0.15, -0.1) is 0 Å². The van der Waals surface area contributed by atoms with E-state index in [1.165, 1.54) is 37.4 Å². The molecule has 0 aliphatic rings. The summed E-state index contributed by atoms with van der Waals surface area (Å²) in [5, 5.41) is 9.25. The first-order valence-corrected chi connectivity index (χ1v) is 9.65. The molecule has 144 valence electrons. The summed E-state index contributed by atoms with van der Waals surface area (Å²) in [5.41, 5.74) is -0.0900. The lowest BCUT2D eigenvalue weighted by molar-refractivity contribution is 0.0697. The van der Waals surface area contributed by atoms with Gasteiger partial charge in [0, 0.05) is 0 Å². The van der Waals surface area contributed by atoms with Gasteiger partial charge < -0.3 is 14.6 Å². The third-order valence-corrected chi connectivity index (χ3v) is 5.21. The number of para-hydroxylation sites is 2. The van der Waals surface area contributed by atoms with E-state index in [-0.39, 0.29) is 27.6 Å². The molecule has 0 heterocycles. The molecule has 7 nitrogen and oxygen atoms in total. The predicted octanol–water partition coefficient (Wildman–Crippen LogP) is 3.99. The van der Waals surface area contributed by atoms with Crippen molar-refractivity contribution in [3.63, 3.8) is 0 Å². The zero-order chi connectivity index (χ0) is 20.1. The minimum atomic E-state index is -4.06. The molecule has 0 amide bonds. The predicted molar refractivity (Wildman–Crippen MR) is 104 cm³/mol. The number of anilines is 1. The number of benzene rings is 3. The standard InChI is InChI=1S/C20H17NO6S/c1-26-18-9-5-6-10-19(18)28(24,25)21-16-13-14(20(22)23)11-12-17(16)27-15-7-3-2-4-8-15/h2-13,21H,1H3,(H,22,23). The van der Waals surface area contributed by atoms with Crippen molar-refractivity contribution in [1.29, 1.82) is 0 Å². The molecule has 2 N–H and O–H groups in total. The highest BCUT2D eigenvalue weighted by molar-refractivity contribution is 7.92. The molecule has 0 radical (unpaired) electrons. The number of carbonyl (C=O) groups is 1. The van der Waals surface area contributed by atoms with Gasteiger partial charge in [0.05, 0.1) is 18.4 Å². The Balaban J connectivity index is 2.03. The molecule has 0 aromatic heterocycles. The Labute approximate surface area is 162 Å². The molecule has 8 heteroatoms. The zero-order valence-electron chi connectivity index (χ0n) is 14.8. The first-order chi connectivity index (χ1) is 13.4. The first kappa shape index (κ1) is 19.2. The molecule has 0 aliphatic heterocycles.